The van der Waals surface area contributed by atoms with E-state index in [1.807, 2.05) is 19.0 Å². The molecule has 7 nitrogen and oxygen atoms in total. The fourth-order valence-corrected chi connectivity index (χ4v) is 0.961. The maximum Gasteiger partial charge on any atom is 0.315 e. The van der Waals surface area contributed by atoms with E-state index in [2.05, 4.69) is 10.6 Å². The lowest BCUT2D eigenvalue weighted by Gasteiger charge is -2.11. The zero-order valence-electron chi connectivity index (χ0n) is 9.75. The van der Waals surface area contributed by atoms with Gasteiger partial charge in [-0.15, -0.1) is 0 Å². The fraction of sp³-hybridized carbons (Fsp3) is 0.778. The SMILES string of the molecule is CN(C)CNC(=O)NCCCCC(=O)NO. The van der Waals surface area contributed by atoms with Gasteiger partial charge in [0.1, 0.15) is 0 Å². The average molecular weight is 232 g/mol. The van der Waals surface area contributed by atoms with Crippen LogP contribution in [0.25, 0.3) is 0 Å². The van der Waals surface area contributed by atoms with E-state index in [1.54, 1.807) is 5.48 Å². The summed E-state index contributed by atoms with van der Waals surface area (Å²) in [6, 6.07) is -0.222. The van der Waals surface area contributed by atoms with Gasteiger partial charge in [-0.25, -0.2) is 10.3 Å². The molecule has 0 aliphatic rings. The van der Waals surface area contributed by atoms with E-state index < -0.39 is 5.91 Å². The van der Waals surface area contributed by atoms with E-state index >= 15 is 0 Å². The van der Waals surface area contributed by atoms with Crippen molar-refractivity contribution in [3.63, 3.8) is 0 Å². The van der Waals surface area contributed by atoms with Crippen molar-refractivity contribution in [2.45, 2.75) is 19.3 Å². The van der Waals surface area contributed by atoms with Gasteiger partial charge in [0, 0.05) is 13.0 Å². The van der Waals surface area contributed by atoms with E-state index in [1.165, 1.54) is 0 Å². The van der Waals surface area contributed by atoms with E-state index in [4.69, 9.17) is 5.21 Å². The summed E-state index contributed by atoms with van der Waals surface area (Å²) in [5.74, 6) is -0.406. The highest BCUT2D eigenvalue weighted by atomic mass is 16.5. The lowest BCUT2D eigenvalue weighted by Crippen LogP contribution is -2.40. The zero-order chi connectivity index (χ0) is 12.4. The molecule has 0 fully saturated rings. The Morgan fingerprint density at radius 3 is 2.44 bits per heavy atom. The number of hydrogen-bond acceptors (Lipinski definition) is 4. The Hall–Kier alpha value is -1.34. The first-order valence-electron chi connectivity index (χ1n) is 5.15. The van der Waals surface area contributed by atoms with Gasteiger partial charge >= 0.3 is 6.03 Å². The van der Waals surface area contributed by atoms with Crippen molar-refractivity contribution in [3.05, 3.63) is 0 Å². The molecule has 0 aromatic rings. The zero-order valence-corrected chi connectivity index (χ0v) is 9.75. The summed E-state index contributed by atoms with van der Waals surface area (Å²) in [5.41, 5.74) is 1.55. The third-order valence-corrected chi connectivity index (χ3v) is 1.80. The van der Waals surface area contributed by atoms with Crippen molar-refractivity contribution in [3.8, 4) is 0 Å². The largest absolute Gasteiger partial charge is 0.338 e. The van der Waals surface area contributed by atoms with Crippen LogP contribution in [0.1, 0.15) is 19.3 Å². The van der Waals surface area contributed by atoms with Crippen LogP contribution in [0, 0.1) is 0 Å². The lowest BCUT2D eigenvalue weighted by molar-refractivity contribution is -0.129. The van der Waals surface area contributed by atoms with Crippen LogP contribution in [0.5, 0.6) is 0 Å². The van der Waals surface area contributed by atoms with Crippen molar-refractivity contribution >= 4 is 11.9 Å². The maximum atomic E-state index is 11.1. The molecule has 0 atom stereocenters. The number of hydroxylamine groups is 1. The van der Waals surface area contributed by atoms with Gasteiger partial charge in [-0.2, -0.15) is 0 Å². The Morgan fingerprint density at radius 2 is 1.88 bits per heavy atom. The molecule has 7 heteroatoms. The highest BCUT2D eigenvalue weighted by Gasteiger charge is 2.00. The minimum Gasteiger partial charge on any atom is -0.338 e. The van der Waals surface area contributed by atoms with E-state index in [9.17, 15) is 9.59 Å². The Morgan fingerprint density at radius 1 is 1.19 bits per heavy atom. The first-order chi connectivity index (χ1) is 7.56. The lowest BCUT2D eigenvalue weighted by atomic mass is 10.2. The van der Waals surface area contributed by atoms with Gasteiger partial charge < -0.3 is 10.6 Å². The average Bonchev–Trinajstić information content (AvgIpc) is 2.25. The first-order valence-corrected chi connectivity index (χ1v) is 5.15. The van der Waals surface area contributed by atoms with Gasteiger partial charge in [-0.05, 0) is 26.9 Å². The third kappa shape index (κ3) is 9.22. The van der Waals surface area contributed by atoms with Crippen LogP contribution in [0.4, 0.5) is 4.79 Å². The molecule has 0 radical (unpaired) electrons. The second kappa shape index (κ2) is 8.93. The van der Waals surface area contributed by atoms with Crippen LogP contribution in [0.2, 0.25) is 0 Å². The maximum absolute atomic E-state index is 11.1. The molecule has 0 unspecified atom stereocenters. The quantitative estimate of drug-likeness (QED) is 0.206. The summed E-state index contributed by atoms with van der Waals surface area (Å²) in [5, 5.41) is 13.5. The van der Waals surface area contributed by atoms with E-state index in [-0.39, 0.29) is 12.5 Å². The number of unbranched alkanes of at least 4 members (excludes halogenated alkanes) is 1. The predicted molar refractivity (Wildman–Crippen MR) is 58.9 cm³/mol. The van der Waals surface area contributed by atoms with Crippen molar-refractivity contribution in [2.24, 2.45) is 0 Å². The normalized spacial score (nSPS) is 10.0. The standard InChI is InChI=1S/C9H20N4O3/c1-13(2)7-11-9(15)10-6-4-3-5-8(14)12-16/h16H,3-7H2,1-2H3,(H,12,14)(H2,10,11,15). The van der Waals surface area contributed by atoms with Crippen LogP contribution >= 0.6 is 0 Å². The molecule has 0 bridgehead atoms. The fourth-order valence-electron chi connectivity index (χ4n) is 0.961. The van der Waals surface area contributed by atoms with Gasteiger partial charge in [0.2, 0.25) is 5.91 Å². The molecule has 0 rings (SSSR count). The number of carbonyl (C=O) groups excluding carboxylic acids is 2. The molecule has 0 saturated carbocycles. The third-order valence-electron chi connectivity index (χ3n) is 1.80. The smallest absolute Gasteiger partial charge is 0.315 e. The van der Waals surface area contributed by atoms with Gasteiger partial charge in [0.25, 0.3) is 0 Å². The summed E-state index contributed by atoms with van der Waals surface area (Å²) in [6.07, 6.45) is 1.58. The van der Waals surface area contributed by atoms with Crippen LogP contribution in [0.3, 0.4) is 0 Å². The van der Waals surface area contributed by atoms with E-state index in [0.717, 1.165) is 0 Å². The molecule has 3 amide bonds. The molecule has 0 spiro atoms. The van der Waals surface area contributed by atoms with Gasteiger partial charge in [0.15, 0.2) is 0 Å². The van der Waals surface area contributed by atoms with Crippen LogP contribution in [0.15, 0.2) is 0 Å². The highest BCUT2D eigenvalue weighted by Crippen LogP contribution is 1.93. The monoisotopic (exact) mass is 232 g/mol. The minimum atomic E-state index is -0.406. The summed E-state index contributed by atoms with van der Waals surface area (Å²) < 4.78 is 0. The Labute approximate surface area is 95.1 Å². The molecule has 0 heterocycles. The first kappa shape index (κ1) is 14.7. The van der Waals surface area contributed by atoms with Crippen molar-refractivity contribution in [2.75, 3.05) is 27.3 Å². The van der Waals surface area contributed by atoms with Crippen molar-refractivity contribution < 1.29 is 14.8 Å². The number of rotatable bonds is 7. The summed E-state index contributed by atoms with van der Waals surface area (Å²) in [6.45, 7) is 0.997. The van der Waals surface area contributed by atoms with Crippen molar-refractivity contribution in [1.82, 2.24) is 21.0 Å². The van der Waals surface area contributed by atoms with Gasteiger partial charge in [-0.3, -0.25) is 14.9 Å². The molecule has 0 saturated heterocycles. The molecule has 0 aliphatic carbocycles. The molecule has 0 aromatic carbocycles. The molecule has 0 aromatic heterocycles. The molecular weight excluding hydrogens is 212 g/mol. The number of carbonyl (C=O) groups is 2. The van der Waals surface area contributed by atoms with Crippen LogP contribution in [-0.2, 0) is 4.79 Å². The minimum absolute atomic E-state index is 0.222. The van der Waals surface area contributed by atoms with Gasteiger partial charge in [0.05, 0.1) is 6.67 Å². The second-order valence-corrected chi connectivity index (χ2v) is 3.66. The van der Waals surface area contributed by atoms with Crippen LogP contribution < -0.4 is 16.1 Å². The molecule has 94 valence electrons. The Balaban J connectivity index is 3.31. The summed E-state index contributed by atoms with van der Waals surface area (Å²) >= 11 is 0. The van der Waals surface area contributed by atoms with Crippen LogP contribution in [-0.4, -0.2) is 49.4 Å². The number of amides is 3. The topological polar surface area (TPSA) is 93.7 Å². The number of hydrogen-bond donors (Lipinski definition) is 4. The molecular formula is C9H20N4O3. The van der Waals surface area contributed by atoms with Crippen molar-refractivity contribution in [1.29, 1.82) is 0 Å². The van der Waals surface area contributed by atoms with E-state index in [0.29, 0.717) is 26.1 Å². The number of nitrogens with zero attached hydrogens (tertiary/aromatic N) is 1. The summed E-state index contributed by atoms with van der Waals surface area (Å²) in [7, 11) is 3.71. The predicted octanol–water partition coefficient (Wildman–Crippen LogP) is -0.520. The highest BCUT2D eigenvalue weighted by molar-refractivity contribution is 5.74. The molecule has 16 heavy (non-hydrogen) atoms. The number of nitrogens with one attached hydrogen (secondary N) is 3. The number of urea groups is 1. The molecule has 4 N–H and O–H groups in total. The second-order valence-electron chi connectivity index (χ2n) is 3.66. The van der Waals surface area contributed by atoms with Gasteiger partial charge in [-0.1, -0.05) is 0 Å². The Bertz CT molecular complexity index is 221. The Kier molecular flexibility index (Phi) is 8.18. The molecule has 0 aliphatic heterocycles. The summed E-state index contributed by atoms with van der Waals surface area (Å²) in [4.78, 5) is 23.6.